The van der Waals surface area contributed by atoms with E-state index in [1.54, 1.807) is 145 Å². The fourth-order valence-electron chi connectivity index (χ4n) is 10.7. The van der Waals surface area contributed by atoms with Crippen molar-refractivity contribution in [2.45, 2.75) is 400 Å². The van der Waals surface area contributed by atoms with Crippen molar-refractivity contribution < 1.29 is 129 Å². The van der Waals surface area contributed by atoms with Crippen LogP contribution < -0.4 is 10.6 Å². The van der Waals surface area contributed by atoms with Gasteiger partial charge in [-0.15, -0.1) is 11.6 Å². The average molecular weight is 1950 g/mol. The van der Waals surface area contributed by atoms with Crippen LogP contribution in [-0.4, -0.2) is 297 Å². The lowest BCUT2D eigenvalue weighted by molar-refractivity contribution is -0.156. The van der Waals surface area contributed by atoms with Gasteiger partial charge in [0.2, 0.25) is 0 Å². The Bertz CT molecular complexity index is 3120. The van der Waals surface area contributed by atoms with E-state index in [2.05, 4.69) is 34.2 Å². The van der Waals surface area contributed by atoms with E-state index in [1.165, 1.54) is 11.3 Å². The minimum absolute atomic E-state index is 0.0265. The third kappa shape index (κ3) is 97.3. The summed E-state index contributed by atoms with van der Waals surface area (Å²) in [6, 6.07) is 0. The van der Waals surface area contributed by atoms with Gasteiger partial charge in [-0.2, -0.15) is 0 Å². The molecule has 782 valence electrons. The lowest BCUT2D eigenvalue weighted by Gasteiger charge is -2.30. The van der Waals surface area contributed by atoms with Crippen LogP contribution in [0.2, 0.25) is 0 Å². The fraction of sp³-hybridized carbons (Fsp3) is 0.854. The zero-order valence-electron chi connectivity index (χ0n) is 88.2. The number of hydrogen-bond donors (Lipinski definition) is 2. The number of amides is 7. The molecular formula is C96H182Cl2N8O27. The van der Waals surface area contributed by atoms with Crippen molar-refractivity contribution in [3.05, 3.63) is 0 Å². The van der Waals surface area contributed by atoms with Crippen LogP contribution in [0.25, 0.3) is 0 Å². The molecule has 0 aromatic rings. The highest BCUT2D eigenvalue weighted by Crippen LogP contribution is 2.21. The van der Waals surface area contributed by atoms with Gasteiger partial charge < -0.3 is 86.9 Å². The van der Waals surface area contributed by atoms with Gasteiger partial charge in [-0.05, 0) is 343 Å². The molecule has 133 heavy (non-hydrogen) atoms. The number of alkyl halides is 1. The van der Waals surface area contributed by atoms with Crippen molar-refractivity contribution in [1.29, 1.82) is 0 Å². The summed E-state index contributed by atoms with van der Waals surface area (Å²) in [6.07, 6.45) is 14.6. The summed E-state index contributed by atoms with van der Waals surface area (Å²) < 4.78 is 66.8. The quantitative estimate of drug-likeness (QED) is 0.0143. The molecule has 7 amide bonds. The number of halogens is 2. The fourth-order valence-corrected chi connectivity index (χ4v) is 10.9. The molecule has 0 aromatic carbocycles. The van der Waals surface area contributed by atoms with Crippen LogP contribution in [0.1, 0.15) is 355 Å². The van der Waals surface area contributed by atoms with Crippen LogP contribution in [-0.2, 0) is 95.1 Å². The van der Waals surface area contributed by atoms with Crippen molar-refractivity contribution >= 4 is 107 Å². The van der Waals surface area contributed by atoms with Crippen molar-refractivity contribution in [3.63, 3.8) is 0 Å². The number of carbonyl (C=O) groups is 14. The molecule has 0 saturated heterocycles. The first-order valence-electron chi connectivity index (χ1n) is 47.4. The number of ether oxygens (including phenoxy) is 13. The van der Waals surface area contributed by atoms with E-state index in [1.807, 2.05) is 67.3 Å². The molecule has 0 atom stereocenters. The summed E-state index contributed by atoms with van der Waals surface area (Å²) in [7, 11) is 3.98. The van der Waals surface area contributed by atoms with Gasteiger partial charge in [0.25, 0.3) is 0 Å². The summed E-state index contributed by atoms with van der Waals surface area (Å²) in [6.45, 7) is 60.0. The number of rotatable bonds is 52. The number of carbonyl (C=O) groups excluding carboxylic acids is 14. The molecule has 37 heteroatoms. The summed E-state index contributed by atoms with van der Waals surface area (Å²) in [5.41, 5.74) is -5.24. The Morgan fingerprint density at radius 3 is 0.699 bits per heavy atom. The number of nitrogens with one attached hydrogen (secondary N) is 2. The first kappa shape index (κ1) is 136. The molecule has 0 bridgehead atoms. The topological polar surface area (TPSA) is 402 Å². The standard InChI is InChI=1S/C21H37ClN2O7.C21H40N2O6.C20H38N2O6.C17H33NO4.C16H31NO4.CH3Cl/c1-8-29-16(25)12-10-9-11-13-23(17(22)26)14-15-24(18(27)30-20(2,3)4)19(28)31-21(5,6)7;1-9-27-17(24)13-11-10-12-14-22(8)15-16-23(18(25)28-20(2,3)4)19(26)29-21(5,6)7;1-8-26-16(23)12-10-9-11-13-21-14-15-22(17(24)27-19(2,3)4)18(25)28-20(5,6)7;1-6-21-15(19)11-8-7-9-13-18(5)14-10-12-16(20)22-17(2,3)4;1-5-20-14(18)10-7-6-8-12-17-13-9-11-15(19)21-16(2,3)4;1-2/h8-15H2,1-7H3;9-16H2,1-8H3;21H,8-15H2,1-7H3;6-14H2,1-5H3;17H,5-13H2,1-4H3;1H3. The zero-order chi connectivity index (χ0) is 104. The number of esters is 7. The molecule has 0 heterocycles. The maximum atomic E-state index is 12.5. The second-order valence-corrected chi connectivity index (χ2v) is 39.5. The molecule has 0 spiro atoms. The Hall–Kier alpha value is -7.60. The predicted octanol–water partition coefficient (Wildman–Crippen LogP) is 19.9. The van der Waals surface area contributed by atoms with E-state index < -0.39 is 86.7 Å². The minimum atomic E-state index is -0.863. The lowest BCUT2D eigenvalue weighted by Crippen LogP contribution is -2.47. The van der Waals surface area contributed by atoms with Gasteiger partial charge in [-0.25, -0.2) is 43.5 Å². The zero-order valence-corrected chi connectivity index (χ0v) is 89.7. The Morgan fingerprint density at radius 2 is 0.436 bits per heavy atom. The van der Waals surface area contributed by atoms with E-state index in [-0.39, 0.29) is 68.0 Å². The van der Waals surface area contributed by atoms with Gasteiger partial charge >= 0.3 is 83.7 Å². The average Bonchev–Trinajstić information content (AvgIpc) is 0.861. The van der Waals surface area contributed by atoms with Gasteiger partial charge in [0.1, 0.15) is 44.8 Å². The highest BCUT2D eigenvalue weighted by Gasteiger charge is 2.35. The second kappa shape index (κ2) is 76.5. The molecule has 0 saturated carbocycles. The SMILES string of the molecule is CCOC(=O)CCCCCN(C)CCCC(=O)OC(C)(C)C.CCOC(=O)CCCCCN(C)CCN(C(=O)OC(C)(C)C)C(=O)OC(C)(C)C.CCOC(=O)CCCCCN(CCN(C(=O)OC(C)(C)C)C(=O)OC(C)(C)C)C(=O)Cl.CCOC(=O)CCCCCNCCCC(=O)OC(C)(C)C.CCOC(=O)CCCCCNCCN(C(=O)OC(C)(C)C)C(=O)OC(C)(C)C.CCl. The largest absolute Gasteiger partial charge is 0.466 e. The molecule has 0 rings (SSSR count). The van der Waals surface area contributed by atoms with Crippen molar-refractivity contribution in [1.82, 2.24) is 40.0 Å². The summed E-state index contributed by atoms with van der Waals surface area (Å²) in [4.78, 5) is 174. The van der Waals surface area contributed by atoms with E-state index in [0.717, 1.165) is 144 Å². The van der Waals surface area contributed by atoms with E-state index >= 15 is 0 Å². The van der Waals surface area contributed by atoms with Gasteiger partial charge in [0.15, 0.2) is 0 Å². The van der Waals surface area contributed by atoms with Crippen LogP contribution in [0.3, 0.4) is 0 Å². The molecule has 0 fully saturated rings. The minimum Gasteiger partial charge on any atom is -0.466 e. The van der Waals surface area contributed by atoms with Crippen molar-refractivity contribution in [2.24, 2.45) is 0 Å². The molecule has 2 N–H and O–H groups in total. The molecule has 0 aromatic heterocycles. The monoisotopic (exact) mass is 1950 g/mol. The van der Waals surface area contributed by atoms with Crippen LogP contribution in [0.5, 0.6) is 0 Å². The number of hydrogen-bond acceptors (Lipinski definition) is 31. The molecular weight excluding hydrogens is 1770 g/mol. The van der Waals surface area contributed by atoms with Gasteiger partial charge in [-0.1, -0.05) is 32.1 Å². The molecule has 35 nitrogen and oxygen atoms in total. The smallest absolute Gasteiger partial charge is 0.419 e. The van der Waals surface area contributed by atoms with Crippen molar-refractivity contribution in [2.75, 3.05) is 139 Å². The first-order valence-corrected chi connectivity index (χ1v) is 48.5. The summed E-state index contributed by atoms with van der Waals surface area (Å²) in [5.74, 6) is -1.06. The third-order valence-electron chi connectivity index (χ3n) is 16.4. The first-order chi connectivity index (χ1) is 61.4. The van der Waals surface area contributed by atoms with Crippen LogP contribution in [0.4, 0.5) is 33.6 Å². The second-order valence-electron chi connectivity index (χ2n) is 39.1. The predicted molar refractivity (Wildman–Crippen MR) is 519 cm³/mol. The Labute approximate surface area is 809 Å². The maximum Gasteiger partial charge on any atom is 0.419 e. The Morgan fingerprint density at radius 1 is 0.226 bits per heavy atom. The van der Waals surface area contributed by atoms with Crippen LogP contribution in [0, 0.1) is 0 Å². The van der Waals surface area contributed by atoms with Crippen LogP contribution in [0.15, 0.2) is 0 Å². The normalized spacial score (nSPS) is 11.5. The molecule has 0 unspecified atom stereocenters. The molecule has 0 aliphatic carbocycles. The van der Waals surface area contributed by atoms with E-state index in [0.29, 0.717) is 117 Å². The summed E-state index contributed by atoms with van der Waals surface area (Å²) >= 11 is 10.3. The lowest BCUT2D eigenvalue weighted by atomic mass is 10.2. The number of nitrogens with zero attached hydrogens (tertiary/aromatic N) is 6. The van der Waals surface area contributed by atoms with Crippen molar-refractivity contribution in [3.8, 4) is 0 Å². The van der Waals surface area contributed by atoms with Gasteiger partial charge in [-0.3, -0.25) is 38.4 Å². The van der Waals surface area contributed by atoms with Gasteiger partial charge in [0, 0.05) is 90.6 Å². The molecule has 0 radical (unpaired) electrons. The third-order valence-corrected chi connectivity index (χ3v) is 16.6. The molecule has 0 aliphatic heterocycles. The number of unbranched alkanes of at least 4 members (excludes halogenated alkanes) is 10. The maximum absolute atomic E-state index is 12.5. The highest BCUT2D eigenvalue weighted by atomic mass is 35.5. The highest BCUT2D eigenvalue weighted by molar-refractivity contribution is 6.62. The molecule has 0 aliphatic rings. The summed E-state index contributed by atoms with van der Waals surface area (Å²) in [5, 5.41) is 5.79. The van der Waals surface area contributed by atoms with E-state index in [4.69, 9.17) is 73.2 Å². The van der Waals surface area contributed by atoms with E-state index in [9.17, 15) is 67.1 Å². The Kier molecular flexibility index (Phi) is 78.3. The van der Waals surface area contributed by atoms with Crippen LogP contribution >= 0.6 is 23.2 Å². The Balaban J connectivity index is -0.000000380. The number of imide groups is 3. The number of likely N-dealkylation sites (N-methyl/N-ethyl adjacent to an activating group) is 1. The van der Waals surface area contributed by atoms with Gasteiger partial charge in [0.05, 0.1) is 39.6 Å².